The van der Waals surface area contributed by atoms with Gasteiger partial charge in [0, 0.05) is 0 Å². The van der Waals surface area contributed by atoms with Gasteiger partial charge in [-0.25, -0.2) is 0 Å². The van der Waals surface area contributed by atoms with Crippen LogP contribution in [0.15, 0.2) is 0 Å². The molecular formula is C11H23N. The van der Waals surface area contributed by atoms with Crippen LogP contribution in [0, 0.1) is 11.3 Å². The van der Waals surface area contributed by atoms with Crippen molar-refractivity contribution >= 4 is 0 Å². The highest BCUT2D eigenvalue weighted by Crippen LogP contribution is 2.39. The van der Waals surface area contributed by atoms with Crippen molar-refractivity contribution in [3.63, 3.8) is 0 Å². The molecule has 1 aliphatic rings. The van der Waals surface area contributed by atoms with E-state index in [4.69, 9.17) is 0 Å². The number of hydrogen-bond acceptors (Lipinski definition) is 1. The van der Waals surface area contributed by atoms with E-state index in [0.717, 1.165) is 12.5 Å². The normalized spacial score (nSPS) is 28.8. The van der Waals surface area contributed by atoms with E-state index in [2.05, 4.69) is 26.1 Å². The molecule has 0 aliphatic heterocycles. The van der Waals surface area contributed by atoms with E-state index >= 15 is 0 Å². The van der Waals surface area contributed by atoms with Crippen LogP contribution < -0.4 is 5.32 Å². The van der Waals surface area contributed by atoms with Crippen LogP contribution in [0.4, 0.5) is 0 Å². The summed E-state index contributed by atoms with van der Waals surface area (Å²) < 4.78 is 0. The van der Waals surface area contributed by atoms with Gasteiger partial charge in [0.2, 0.25) is 0 Å². The predicted molar refractivity (Wildman–Crippen MR) is 54.3 cm³/mol. The van der Waals surface area contributed by atoms with Gasteiger partial charge in [-0.2, -0.15) is 0 Å². The van der Waals surface area contributed by atoms with Crippen LogP contribution in [0.3, 0.4) is 0 Å². The van der Waals surface area contributed by atoms with Crippen molar-refractivity contribution in [1.82, 2.24) is 5.32 Å². The zero-order chi connectivity index (χ0) is 9.03. The molecule has 72 valence electrons. The van der Waals surface area contributed by atoms with Crippen molar-refractivity contribution in [3.8, 4) is 0 Å². The Kier molecular flexibility index (Phi) is 3.57. The lowest BCUT2D eigenvalue weighted by Crippen LogP contribution is -2.35. The molecule has 1 aliphatic carbocycles. The molecule has 0 aromatic heterocycles. The number of nitrogens with one attached hydrogen (secondary N) is 1. The van der Waals surface area contributed by atoms with Crippen LogP contribution in [-0.4, -0.2) is 13.1 Å². The highest BCUT2D eigenvalue weighted by atomic mass is 14.8. The first-order chi connectivity index (χ1) is 5.67. The highest BCUT2D eigenvalue weighted by molar-refractivity contribution is 4.83. The summed E-state index contributed by atoms with van der Waals surface area (Å²) in [6.45, 7) is 9.38. The summed E-state index contributed by atoms with van der Waals surface area (Å²) in [7, 11) is 0. The summed E-state index contributed by atoms with van der Waals surface area (Å²) >= 11 is 0. The molecule has 0 aromatic carbocycles. The quantitative estimate of drug-likeness (QED) is 0.685. The molecule has 1 heteroatoms. The van der Waals surface area contributed by atoms with Gasteiger partial charge < -0.3 is 5.32 Å². The lowest BCUT2D eigenvalue weighted by atomic mass is 9.69. The second-order valence-electron chi connectivity index (χ2n) is 4.74. The summed E-state index contributed by atoms with van der Waals surface area (Å²) in [6.07, 6.45) is 5.73. The first-order valence-electron chi connectivity index (χ1n) is 5.37. The molecule has 0 amide bonds. The van der Waals surface area contributed by atoms with Crippen molar-refractivity contribution in [2.75, 3.05) is 13.1 Å². The molecule has 1 saturated carbocycles. The van der Waals surface area contributed by atoms with Gasteiger partial charge in [0.25, 0.3) is 0 Å². The van der Waals surface area contributed by atoms with E-state index < -0.39 is 0 Å². The maximum Gasteiger partial charge on any atom is -0.00155 e. The minimum absolute atomic E-state index is 0.584. The monoisotopic (exact) mass is 169 g/mol. The molecule has 0 saturated heterocycles. The zero-order valence-electron chi connectivity index (χ0n) is 8.82. The van der Waals surface area contributed by atoms with Gasteiger partial charge in [-0.15, -0.1) is 0 Å². The van der Waals surface area contributed by atoms with Crippen LogP contribution in [0.2, 0.25) is 0 Å². The molecule has 0 radical (unpaired) electrons. The van der Waals surface area contributed by atoms with Gasteiger partial charge >= 0.3 is 0 Å². The average molecular weight is 169 g/mol. The molecule has 0 aromatic rings. The minimum atomic E-state index is 0.584. The van der Waals surface area contributed by atoms with Crippen LogP contribution in [0.1, 0.15) is 46.5 Å². The molecule has 0 bridgehead atoms. The second-order valence-corrected chi connectivity index (χ2v) is 4.74. The van der Waals surface area contributed by atoms with Crippen LogP contribution in [0.25, 0.3) is 0 Å². The Labute approximate surface area is 76.9 Å². The zero-order valence-corrected chi connectivity index (χ0v) is 8.82. The van der Waals surface area contributed by atoms with E-state index in [1.165, 1.54) is 32.2 Å². The molecular weight excluding hydrogens is 146 g/mol. The molecule has 0 heterocycles. The third-order valence-corrected chi connectivity index (χ3v) is 3.37. The molecule has 1 rings (SSSR count). The second kappa shape index (κ2) is 4.27. The molecule has 1 N–H and O–H groups in total. The van der Waals surface area contributed by atoms with Crippen molar-refractivity contribution in [2.45, 2.75) is 46.5 Å². The smallest absolute Gasteiger partial charge is 0.00155 e. The average Bonchev–Trinajstić information content (AvgIpc) is 2.02. The Morgan fingerprint density at radius 1 is 1.33 bits per heavy atom. The standard InChI is InChI=1S/C11H23N/c1-4-12-9-10-7-5-6-8-11(10,2)3/h10,12H,4-9H2,1-3H3. The maximum atomic E-state index is 3.47. The Hall–Kier alpha value is -0.0400. The number of hydrogen-bond donors (Lipinski definition) is 1. The summed E-state index contributed by atoms with van der Waals surface area (Å²) in [5, 5.41) is 3.47. The third kappa shape index (κ3) is 2.48. The van der Waals surface area contributed by atoms with Crippen molar-refractivity contribution in [1.29, 1.82) is 0 Å². The molecule has 0 spiro atoms. The van der Waals surface area contributed by atoms with E-state index in [-0.39, 0.29) is 0 Å². The summed E-state index contributed by atoms with van der Waals surface area (Å²) in [4.78, 5) is 0. The fourth-order valence-electron chi connectivity index (χ4n) is 2.26. The first-order valence-corrected chi connectivity index (χ1v) is 5.37. The van der Waals surface area contributed by atoms with Gasteiger partial charge in [-0.05, 0) is 37.3 Å². The predicted octanol–water partition coefficient (Wildman–Crippen LogP) is 2.81. The fourth-order valence-corrected chi connectivity index (χ4v) is 2.26. The van der Waals surface area contributed by atoms with Crippen LogP contribution in [0.5, 0.6) is 0 Å². The molecule has 12 heavy (non-hydrogen) atoms. The Balaban J connectivity index is 2.37. The van der Waals surface area contributed by atoms with E-state index in [1.807, 2.05) is 0 Å². The van der Waals surface area contributed by atoms with Gasteiger partial charge in [0.05, 0.1) is 0 Å². The summed E-state index contributed by atoms with van der Waals surface area (Å²) in [5.41, 5.74) is 0.584. The van der Waals surface area contributed by atoms with Gasteiger partial charge in [0.15, 0.2) is 0 Å². The van der Waals surface area contributed by atoms with Crippen molar-refractivity contribution in [3.05, 3.63) is 0 Å². The van der Waals surface area contributed by atoms with Gasteiger partial charge in [-0.1, -0.05) is 33.6 Å². The van der Waals surface area contributed by atoms with E-state index in [1.54, 1.807) is 0 Å². The Bertz CT molecular complexity index is 129. The van der Waals surface area contributed by atoms with Crippen LogP contribution in [-0.2, 0) is 0 Å². The highest BCUT2D eigenvalue weighted by Gasteiger charge is 2.31. The minimum Gasteiger partial charge on any atom is -0.317 e. The summed E-state index contributed by atoms with van der Waals surface area (Å²) in [5.74, 6) is 0.909. The maximum absolute atomic E-state index is 3.47. The van der Waals surface area contributed by atoms with E-state index in [9.17, 15) is 0 Å². The molecule has 1 fully saturated rings. The topological polar surface area (TPSA) is 12.0 Å². The Morgan fingerprint density at radius 3 is 2.67 bits per heavy atom. The number of rotatable bonds is 3. The van der Waals surface area contributed by atoms with Gasteiger partial charge in [-0.3, -0.25) is 0 Å². The summed E-state index contributed by atoms with van der Waals surface area (Å²) in [6, 6.07) is 0. The lowest BCUT2D eigenvalue weighted by Gasteiger charge is -2.38. The lowest BCUT2D eigenvalue weighted by molar-refractivity contribution is 0.136. The largest absolute Gasteiger partial charge is 0.317 e. The fraction of sp³-hybridized carbons (Fsp3) is 1.00. The van der Waals surface area contributed by atoms with Crippen molar-refractivity contribution in [2.24, 2.45) is 11.3 Å². The first kappa shape index (κ1) is 10.0. The van der Waals surface area contributed by atoms with Gasteiger partial charge in [0.1, 0.15) is 0 Å². The SMILES string of the molecule is CCNCC1CCCCC1(C)C. The Morgan fingerprint density at radius 2 is 2.08 bits per heavy atom. The van der Waals surface area contributed by atoms with Crippen LogP contribution >= 0.6 is 0 Å². The van der Waals surface area contributed by atoms with Crippen molar-refractivity contribution < 1.29 is 0 Å². The molecule has 1 unspecified atom stereocenters. The molecule has 1 atom stereocenters. The van der Waals surface area contributed by atoms with E-state index in [0.29, 0.717) is 5.41 Å². The molecule has 1 nitrogen and oxygen atoms in total. The third-order valence-electron chi connectivity index (χ3n) is 3.37.